The Morgan fingerprint density at radius 3 is 2.64 bits per heavy atom. The van der Waals surface area contributed by atoms with Crippen LogP contribution in [0.1, 0.15) is 12.8 Å². The van der Waals surface area contributed by atoms with Crippen LogP contribution in [0.15, 0.2) is 24.3 Å². The van der Waals surface area contributed by atoms with Crippen LogP contribution in [0.4, 0.5) is 10.5 Å². The maximum absolute atomic E-state index is 10.3. The number of amides is 1. The molecule has 1 aromatic rings. The summed E-state index contributed by atoms with van der Waals surface area (Å²) in [6.45, 7) is 5.62. The highest BCUT2D eigenvalue weighted by Crippen LogP contribution is 2.28. The quantitative estimate of drug-likeness (QED) is 0.753. The fourth-order valence-corrected chi connectivity index (χ4v) is 2.76. The van der Waals surface area contributed by atoms with Crippen LogP contribution in [-0.4, -0.2) is 62.5 Å². The van der Waals surface area contributed by atoms with Crippen molar-refractivity contribution in [2.75, 3.05) is 51.3 Å². The zero-order valence-electron chi connectivity index (χ0n) is 13.1. The van der Waals surface area contributed by atoms with E-state index in [2.05, 4.69) is 21.2 Å². The summed E-state index contributed by atoms with van der Waals surface area (Å²) in [5, 5.41) is 10.9. The molecule has 1 saturated heterocycles. The highest BCUT2D eigenvalue weighted by Gasteiger charge is 2.18. The first-order chi connectivity index (χ1) is 10.7. The molecular weight excluding hydrogens is 282 g/mol. The second-order valence-electron chi connectivity index (χ2n) is 5.44. The monoisotopic (exact) mass is 307 g/mol. The zero-order valence-corrected chi connectivity index (χ0v) is 13.1. The lowest BCUT2D eigenvalue weighted by atomic mass is 10.2. The maximum atomic E-state index is 10.3. The minimum atomic E-state index is -0.939. The van der Waals surface area contributed by atoms with Gasteiger partial charge in [-0.1, -0.05) is 12.1 Å². The molecule has 0 unspecified atom stereocenters. The topological polar surface area (TPSA) is 65.0 Å². The number of carbonyl (C=O) groups is 1. The first kappa shape index (κ1) is 16.4. The van der Waals surface area contributed by atoms with Gasteiger partial charge in [-0.2, -0.15) is 0 Å². The van der Waals surface area contributed by atoms with Crippen LogP contribution >= 0.6 is 0 Å². The normalized spacial score (nSPS) is 15.6. The zero-order chi connectivity index (χ0) is 15.8. The van der Waals surface area contributed by atoms with Crippen molar-refractivity contribution in [2.45, 2.75) is 12.8 Å². The third-order valence-corrected chi connectivity index (χ3v) is 3.98. The molecule has 6 heteroatoms. The average molecular weight is 307 g/mol. The molecule has 0 aliphatic carbocycles. The van der Waals surface area contributed by atoms with Crippen molar-refractivity contribution in [1.82, 2.24) is 10.2 Å². The lowest BCUT2D eigenvalue weighted by molar-refractivity contribution is 0.193. The van der Waals surface area contributed by atoms with Crippen LogP contribution in [0.2, 0.25) is 0 Å². The van der Waals surface area contributed by atoms with E-state index in [0.717, 1.165) is 57.0 Å². The van der Waals surface area contributed by atoms with E-state index < -0.39 is 6.09 Å². The SMILES string of the molecule is COc1ccccc1N1CCN(CCCCNC(=O)O)CC1. The molecule has 0 saturated carbocycles. The number of anilines is 1. The van der Waals surface area contributed by atoms with Crippen LogP contribution in [-0.2, 0) is 0 Å². The molecular formula is C16H25N3O3. The first-order valence-corrected chi connectivity index (χ1v) is 7.78. The number of nitrogens with one attached hydrogen (secondary N) is 1. The second kappa shape index (κ2) is 8.48. The number of hydrogen-bond acceptors (Lipinski definition) is 4. The predicted octanol–water partition coefficient (Wildman–Crippen LogP) is 1.86. The number of carboxylic acid groups (broad SMARTS) is 1. The van der Waals surface area contributed by atoms with Gasteiger partial charge in [0, 0.05) is 32.7 Å². The minimum Gasteiger partial charge on any atom is -0.495 e. The van der Waals surface area contributed by atoms with Crippen molar-refractivity contribution >= 4 is 11.8 Å². The molecule has 1 aliphatic heterocycles. The van der Waals surface area contributed by atoms with Crippen LogP contribution in [0.5, 0.6) is 5.75 Å². The second-order valence-corrected chi connectivity index (χ2v) is 5.44. The minimum absolute atomic E-state index is 0.538. The summed E-state index contributed by atoms with van der Waals surface area (Å²) >= 11 is 0. The highest BCUT2D eigenvalue weighted by atomic mass is 16.5. The Morgan fingerprint density at radius 1 is 1.23 bits per heavy atom. The largest absolute Gasteiger partial charge is 0.495 e. The molecule has 2 N–H and O–H groups in total. The molecule has 2 rings (SSSR count). The molecule has 0 radical (unpaired) electrons. The fourth-order valence-electron chi connectivity index (χ4n) is 2.76. The number of methoxy groups -OCH3 is 1. The molecule has 0 bridgehead atoms. The predicted molar refractivity (Wildman–Crippen MR) is 86.9 cm³/mol. The van der Waals surface area contributed by atoms with Gasteiger partial charge in [0.15, 0.2) is 0 Å². The van der Waals surface area contributed by atoms with Gasteiger partial charge >= 0.3 is 6.09 Å². The number of rotatable bonds is 7. The number of nitrogens with zero attached hydrogens (tertiary/aromatic N) is 2. The lowest BCUT2D eigenvalue weighted by Crippen LogP contribution is -2.46. The Labute approximate surface area is 131 Å². The van der Waals surface area contributed by atoms with Gasteiger partial charge < -0.3 is 20.1 Å². The maximum Gasteiger partial charge on any atom is 0.404 e. The summed E-state index contributed by atoms with van der Waals surface area (Å²) in [5.41, 5.74) is 1.16. The van der Waals surface area contributed by atoms with Crippen LogP contribution in [0.3, 0.4) is 0 Å². The van der Waals surface area contributed by atoms with Crippen molar-refractivity contribution in [1.29, 1.82) is 0 Å². The number of unbranched alkanes of at least 4 members (excludes halogenated alkanes) is 1. The highest BCUT2D eigenvalue weighted by molar-refractivity contribution is 5.64. The molecule has 1 aromatic carbocycles. The van der Waals surface area contributed by atoms with Gasteiger partial charge in [0.25, 0.3) is 0 Å². The van der Waals surface area contributed by atoms with Crippen molar-refractivity contribution < 1.29 is 14.6 Å². The van der Waals surface area contributed by atoms with Gasteiger partial charge in [-0.05, 0) is 31.5 Å². The van der Waals surface area contributed by atoms with E-state index in [0.29, 0.717) is 6.54 Å². The van der Waals surface area contributed by atoms with Crippen molar-refractivity contribution in [3.05, 3.63) is 24.3 Å². The Morgan fingerprint density at radius 2 is 1.95 bits per heavy atom. The van der Waals surface area contributed by atoms with Crippen molar-refractivity contribution in [3.8, 4) is 5.75 Å². The van der Waals surface area contributed by atoms with E-state index in [-0.39, 0.29) is 0 Å². The van der Waals surface area contributed by atoms with E-state index in [9.17, 15) is 4.79 Å². The van der Waals surface area contributed by atoms with Gasteiger partial charge in [-0.3, -0.25) is 4.90 Å². The Hall–Kier alpha value is -1.95. The lowest BCUT2D eigenvalue weighted by Gasteiger charge is -2.36. The first-order valence-electron chi connectivity index (χ1n) is 7.78. The van der Waals surface area contributed by atoms with Crippen LogP contribution in [0.25, 0.3) is 0 Å². The summed E-state index contributed by atoms with van der Waals surface area (Å²) in [5.74, 6) is 0.927. The van der Waals surface area contributed by atoms with Crippen molar-refractivity contribution in [2.24, 2.45) is 0 Å². The number of para-hydroxylation sites is 2. The number of piperazine rings is 1. The standard InChI is InChI=1S/C16H25N3O3/c1-22-15-7-3-2-6-14(15)19-12-10-18(11-13-19)9-5-4-8-17-16(20)21/h2-3,6-7,17H,4-5,8-13H2,1H3,(H,20,21). The molecule has 6 nitrogen and oxygen atoms in total. The molecule has 1 fully saturated rings. The molecule has 1 aliphatic rings. The summed E-state index contributed by atoms with van der Waals surface area (Å²) in [7, 11) is 1.71. The van der Waals surface area contributed by atoms with Gasteiger partial charge in [-0.15, -0.1) is 0 Å². The summed E-state index contributed by atoms with van der Waals surface area (Å²) < 4.78 is 5.43. The van der Waals surface area contributed by atoms with Crippen molar-refractivity contribution in [3.63, 3.8) is 0 Å². The average Bonchev–Trinajstić information content (AvgIpc) is 2.55. The smallest absolute Gasteiger partial charge is 0.404 e. The summed E-state index contributed by atoms with van der Waals surface area (Å²) in [4.78, 5) is 15.1. The van der Waals surface area contributed by atoms with E-state index in [1.807, 2.05) is 18.2 Å². The Balaban J connectivity index is 1.70. The van der Waals surface area contributed by atoms with Gasteiger partial charge in [-0.25, -0.2) is 4.79 Å². The van der Waals surface area contributed by atoms with Gasteiger partial charge in [0.05, 0.1) is 12.8 Å². The van der Waals surface area contributed by atoms with Gasteiger partial charge in [0.2, 0.25) is 0 Å². The molecule has 0 spiro atoms. The molecule has 122 valence electrons. The van der Waals surface area contributed by atoms with E-state index in [4.69, 9.17) is 9.84 Å². The summed E-state index contributed by atoms with van der Waals surface area (Å²) in [6.07, 6.45) is 0.971. The number of hydrogen-bond donors (Lipinski definition) is 2. The molecule has 1 heterocycles. The van der Waals surface area contributed by atoms with Gasteiger partial charge in [0.1, 0.15) is 5.75 Å². The molecule has 1 amide bonds. The van der Waals surface area contributed by atoms with Crippen LogP contribution < -0.4 is 15.0 Å². The molecule has 0 atom stereocenters. The third-order valence-electron chi connectivity index (χ3n) is 3.98. The fraction of sp³-hybridized carbons (Fsp3) is 0.562. The van der Waals surface area contributed by atoms with E-state index in [1.54, 1.807) is 7.11 Å². The van der Waals surface area contributed by atoms with Crippen LogP contribution in [0, 0.1) is 0 Å². The molecule has 22 heavy (non-hydrogen) atoms. The Bertz CT molecular complexity index is 473. The summed E-state index contributed by atoms with van der Waals surface area (Å²) in [6, 6.07) is 8.13. The third kappa shape index (κ3) is 4.80. The van der Waals surface area contributed by atoms with E-state index >= 15 is 0 Å². The Kier molecular flexibility index (Phi) is 6.33. The molecule has 0 aromatic heterocycles. The number of benzene rings is 1. The van der Waals surface area contributed by atoms with E-state index in [1.165, 1.54) is 0 Å². The number of ether oxygens (including phenoxy) is 1.